The lowest BCUT2D eigenvalue weighted by molar-refractivity contribution is 0.0945. The molecule has 0 aromatic heterocycles. The molecule has 0 heterocycles. The van der Waals surface area contributed by atoms with Crippen molar-refractivity contribution in [3.8, 4) is 0 Å². The van der Waals surface area contributed by atoms with E-state index in [1.54, 1.807) is 6.07 Å². The molecule has 23 heavy (non-hydrogen) atoms. The highest BCUT2D eigenvalue weighted by molar-refractivity contribution is 14.1. The second kappa shape index (κ2) is 7.64. The molecule has 0 unspecified atom stereocenters. The van der Waals surface area contributed by atoms with Crippen molar-refractivity contribution in [2.45, 2.75) is 0 Å². The van der Waals surface area contributed by atoms with E-state index in [1.807, 2.05) is 22.6 Å². The largest absolute Gasteiger partial charge is 0.395 e. The first-order valence-electron chi connectivity index (χ1n) is 6.53. The first-order chi connectivity index (χ1) is 10.9. The molecular formula is C15H12F3IN2O2. The molecule has 4 nitrogen and oxygen atoms in total. The van der Waals surface area contributed by atoms with E-state index in [0.29, 0.717) is 3.57 Å². The zero-order chi connectivity index (χ0) is 17.0. The van der Waals surface area contributed by atoms with Crippen molar-refractivity contribution in [1.82, 2.24) is 5.32 Å². The Morgan fingerprint density at radius 2 is 1.87 bits per heavy atom. The van der Waals surface area contributed by atoms with Gasteiger partial charge in [-0.25, -0.2) is 13.2 Å². The summed E-state index contributed by atoms with van der Waals surface area (Å²) in [7, 11) is 0. The third kappa shape index (κ3) is 4.14. The van der Waals surface area contributed by atoms with Crippen molar-refractivity contribution in [2.24, 2.45) is 0 Å². The molecule has 8 heteroatoms. The zero-order valence-corrected chi connectivity index (χ0v) is 13.8. The normalized spacial score (nSPS) is 10.5. The first-order valence-corrected chi connectivity index (χ1v) is 7.61. The maximum absolute atomic E-state index is 14.1. The molecule has 0 saturated carbocycles. The average molecular weight is 436 g/mol. The smallest absolute Gasteiger partial charge is 0.253 e. The maximum Gasteiger partial charge on any atom is 0.253 e. The van der Waals surface area contributed by atoms with Gasteiger partial charge in [0.1, 0.15) is 5.82 Å². The fourth-order valence-electron chi connectivity index (χ4n) is 1.85. The number of anilines is 2. The maximum atomic E-state index is 14.1. The average Bonchev–Trinajstić information content (AvgIpc) is 2.52. The van der Waals surface area contributed by atoms with Gasteiger partial charge >= 0.3 is 0 Å². The summed E-state index contributed by atoms with van der Waals surface area (Å²) in [5.74, 6) is -3.84. The fraction of sp³-hybridized carbons (Fsp3) is 0.133. The molecule has 2 rings (SSSR count). The van der Waals surface area contributed by atoms with Gasteiger partial charge in [-0.05, 0) is 52.9 Å². The topological polar surface area (TPSA) is 61.4 Å². The van der Waals surface area contributed by atoms with E-state index in [0.717, 1.165) is 12.1 Å². The third-order valence-corrected chi connectivity index (χ3v) is 3.60. The van der Waals surface area contributed by atoms with Crippen LogP contribution < -0.4 is 10.6 Å². The quantitative estimate of drug-likeness (QED) is 0.632. The number of hydrogen-bond donors (Lipinski definition) is 3. The predicted octanol–water partition coefficient (Wildman–Crippen LogP) is 3.17. The van der Waals surface area contributed by atoms with Crippen LogP contribution in [0.15, 0.2) is 30.3 Å². The van der Waals surface area contributed by atoms with Crippen molar-refractivity contribution in [3.05, 3.63) is 56.9 Å². The van der Waals surface area contributed by atoms with Crippen LogP contribution in [0.2, 0.25) is 0 Å². The fourth-order valence-corrected chi connectivity index (χ4v) is 2.31. The van der Waals surface area contributed by atoms with E-state index in [2.05, 4.69) is 10.6 Å². The number of amides is 1. The Bertz CT molecular complexity index is 741. The van der Waals surface area contributed by atoms with E-state index in [4.69, 9.17) is 5.11 Å². The van der Waals surface area contributed by atoms with Crippen molar-refractivity contribution in [2.75, 3.05) is 18.5 Å². The minimum Gasteiger partial charge on any atom is -0.395 e. The van der Waals surface area contributed by atoms with Crippen molar-refractivity contribution in [1.29, 1.82) is 0 Å². The van der Waals surface area contributed by atoms with Crippen LogP contribution in [0.1, 0.15) is 10.4 Å². The zero-order valence-electron chi connectivity index (χ0n) is 11.7. The van der Waals surface area contributed by atoms with Crippen LogP contribution in [0.25, 0.3) is 0 Å². The molecule has 0 aliphatic rings. The number of aliphatic hydroxyl groups excluding tert-OH is 1. The van der Waals surface area contributed by atoms with Crippen LogP contribution in [0.3, 0.4) is 0 Å². The first kappa shape index (κ1) is 17.5. The van der Waals surface area contributed by atoms with Gasteiger partial charge in [0, 0.05) is 10.1 Å². The van der Waals surface area contributed by atoms with Gasteiger partial charge < -0.3 is 15.7 Å². The van der Waals surface area contributed by atoms with Gasteiger partial charge in [-0.1, -0.05) is 0 Å². The molecule has 2 aromatic rings. The summed E-state index contributed by atoms with van der Waals surface area (Å²) in [4.78, 5) is 12.0. The second-order valence-electron chi connectivity index (χ2n) is 4.51. The van der Waals surface area contributed by atoms with Gasteiger partial charge in [-0.3, -0.25) is 4.79 Å². The number of benzene rings is 2. The highest BCUT2D eigenvalue weighted by Gasteiger charge is 2.19. The number of aliphatic hydroxyl groups is 1. The summed E-state index contributed by atoms with van der Waals surface area (Å²) in [6, 6.07) is 6.04. The van der Waals surface area contributed by atoms with Gasteiger partial charge in [0.25, 0.3) is 5.91 Å². The number of hydrogen-bond acceptors (Lipinski definition) is 3. The number of carbonyl (C=O) groups excluding carboxylic acids is 1. The number of halogens is 4. The highest BCUT2D eigenvalue weighted by atomic mass is 127. The Morgan fingerprint density at radius 1 is 1.13 bits per heavy atom. The number of nitrogens with one attached hydrogen (secondary N) is 2. The van der Waals surface area contributed by atoms with Crippen LogP contribution in [-0.4, -0.2) is 24.2 Å². The lowest BCUT2D eigenvalue weighted by atomic mass is 10.1. The Morgan fingerprint density at radius 3 is 2.52 bits per heavy atom. The van der Waals surface area contributed by atoms with Crippen LogP contribution in [-0.2, 0) is 0 Å². The standard InChI is InChI=1S/C15H12F3IN2O2/c16-10-3-2-9(15(23)20-5-6-22)14(13(10)18)21-12-4-1-8(19)7-11(12)17/h1-4,7,21-22H,5-6H2,(H,20,23). The molecule has 0 saturated heterocycles. The molecule has 2 aromatic carbocycles. The van der Waals surface area contributed by atoms with Crippen LogP contribution in [0, 0.1) is 21.0 Å². The summed E-state index contributed by atoms with van der Waals surface area (Å²) in [6.07, 6.45) is 0. The van der Waals surface area contributed by atoms with Crippen LogP contribution in [0.5, 0.6) is 0 Å². The molecular weight excluding hydrogens is 424 g/mol. The van der Waals surface area contributed by atoms with E-state index >= 15 is 0 Å². The predicted molar refractivity (Wildman–Crippen MR) is 88.2 cm³/mol. The molecule has 0 aliphatic heterocycles. The van der Waals surface area contributed by atoms with Gasteiger partial charge in [0.05, 0.1) is 23.5 Å². The minimum absolute atomic E-state index is 0.0465. The van der Waals surface area contributed by atoms with Gasteiger partial charge in [-0.15, -0.1) is 0 Å². The van der Waals surface area contributed by atoms with Crippen molar-refractivity contribution >= 4 is 39.9 Å². The third-order valence-electron chi connectivity index (χ3n) is 2.93. The monoisotopic (exact) mass is 436 g/mol. The highest BCUT2D eigenvalue weighted by Crippen LogP contribution is 2.28. The second-order valence-corrected chi connectivity index (χ2v) is 5.76. The number of rotatable bonds is 5. The van der Waals surface area contributed by atoms with Gasteiger partial charge in [0.2, 0.25) is 0 Å². The molecule has 0 fully saturated rings. The molecule has 0 bridgehead atoms. The minimum atomic E-state index is -1.29. The summed E-state index contributed by atoms with van der Waals surface area (Å²) >= 11 is 1.91. The lowest BCUT2D eigenvalue weighted by Gasteiger charge is -2.14. The van der Waals surface area contributed by atoms with Crippen LogP contribution in [0.4, 0.5) is 24.5 Å². The van der Waals surface area contributed by atoms with Crippen LogP contribution >= 0.6 is 22.6 Å². The Kier molecular flexibility index (Phi) is 5.83. The lowest BCUT2D eigenvalue weighted by Crippen LogP contribution is -2.27. The van der Waals surface area contributed by atoms with Gasteiger partial charge in [0.15, 0.2) is 11.6 Å². The molecule has 0 radical (unpaired) electrons. The van der Waals surface area contributed by atoms with E-state index < -0.39 is 29.0 Å². The SMILES string of the molecule is O=C(NCCO)c1ccc(F)c(F)c1Nc1ccc(I)cc1F. The molecule has 0 spiro atoms. The Labute approximate surface area is 143 Å². The van der Waals surface area contributed by atoms with E-state index in [-0.39, 0.29) is 24.4 Å². The van der Waals surface area contributed by atoms with E-state index in [1.165, 1.54) is 12.1 Å². The summed E-state index contributed by atoms with van der Waals surface area (Å²) in [5, 5.41) is 13.5. The molecule has 1 amide bonds. The Hall–Kier alpha value is -1.81. The van der Waals surface area contributed by atoms with E-state index in [9.17, 15) is 18.0 Å². The van der Waals surface area contributed by atoms with Crippen molar-refractivity contribution in [3.63, 3.8) is 0 Å². The number of carbonyl (C=O) groups is 1. The molecule has 0 aliphatic carbocycles. The summed E-state index contributed by atoms with van der Waals surface area (Å²) in [6.45, 7) is -0.348. The Balaban J connectivity index is 2.43. The molecule has 3 N–H and O–H groups in total. The summed E-state index contributed by atoms with van der Waals surface area (Å²) in [5.41, 5.74) is -0.762. The molecule has 0 atom stereocenters. The molecule has 122 valence electrons. The summed E-state index contributed by atoms with van der Waals surface area (Å²) < 4.78 is 42.0. The van der Waals surface area contributed by atoms with Crippen molar-refractivity contribution < 1.29 is 23.1 Å². The van der Waals surface area contributed by atoms with Gasteiger partial charge in [-0.2, -0.15) is 0 Å².